The molecule has 0 aromatic rings. The first-order valence-electron chi connectivity index (χ1n) is 6.41. The van der Waals surface area contributed by atoms with Gasteiger partial charge in [0.1, 0.15) is 0 Å². The molecule has 0 saturated carbocycles. The summed E-state index contributed by atoms with van der Waals surface area (Å²) in [4.78, 5) is 0. The molecule has 108 valence electrons. The van der Waals surface area contributed by atoms with Crippen LogP contribution in [0.2, 0.25) is 0 Å². The monoisotopic (exact) mass is 446 g/mol. The van der Waals surface area contributed by atoms with Gasteiger partial charge in [-0.15, -0.1) is 13.2 Å². The Morgan fingerprint density at radius 1 is 0.667 bits per heavy atom. The van der Waals surface area contributed by atoms with E-state index in [2.05, 4.69) is 54.7 Å². The van der Waals surface area contributed by atoms with Crippen molar-refractivity contribution in [1.82, 2.24) is 0 Å². The van der Waals surface area contributed by atoms with Crippen LogP contribution < -0.4 is 0 Å². The van der Waals surface area contributed by atoms with Crippen LogP contribution in [0, 0.1) is 6.42 Å². The maximum atomic E-state index is 3.00. The van der Waals surface area contributed by atoms with Crippen molar-refractivity contribution in [2.24, 2.45) is 0 Å². The molecule has 0 heterocycles. The Hall–Kier alpha value is 0.299. The summed E-state index contributed by atoms with van der Waals surface area (Å²) >= 11 is 0. The van der Waals surface area contributed by atoms with E-state index >= 15 is 0 Å². The summed E-state index contributed by atoms with van der Waals surface area (Å²) in [7, 11) is 0.262. The van der Waals surface area contributed by atoms with Crippen LogP contribution in [0.5, 0.6) is 0 Å². The minimum atomic E-state index is 0. The molecule has 0 spiro atoms. The van der Waals surface area contributed by atoms with Gasteiger partial charge in [0.2, 0.25) is 0 Å². The molecule has 1 aliphatic carbocycles. The van der Waals surface area contributed by atoms with Crippen molar-refractivity contribution in [3.8, 4) is 0 Å². The van der Waals surface area contributed by atoms with E-state index in [0.29, 0.717) is 0 Å². The molecule has 0 atom stereocenters. The predicted molar refractivity (Wildman–Crippen MR) is 86.2 cm³/mol. The van der Waals surface area contributed by atoms with Gasteiger partial charge in [-0.2, -0.15) is 0 Å². The van der Waals surface area contributed by atoms with Crippen molar-refractivity contribution in [3.63, 3.8) is 0 Å². The van der Waals surface area contributed by atoms with E-state index < -0.39 is 0 Å². The Morgan fingerprint density at radius 3 is 1.00 bits per heavy atom. The van der Waals surface area contributed by atoms with E-state index in [9.17, 15) is 0 Å². The number of rotatable bonds is 3. The number of allylic oxidation sites excluding steroid dienone is 4. The SMILES string of the molecule is C=C.CC(C)P(C(C)C)C(C)C.[CH]1C=CC=C1.[Ir]. The summed E-state index contributed by atoms with van der Waals surface area (Å²) in [6, 6.07) is 0. The Kier molecular flexibility index (Phi) is 20.0. The van der Waals surface area contributed by atoms with E-state index in [4.69, 9.17) is 0 Å². The van der Waals surface area contributed by atoms with Gasteiger partial charge < -0.3 is 0 Å². The average Bonchev–Trinajstić information content (AvgIpc) is 2.76. The number of hydrogen-bond acceptors (Lipinski definition) is 0. The van der Waals surface area contributed by atoms with E-state index in [1.165, 1.54) is 0 Å². The van der Waals surface area contributed by atoms with Crippen molar-refractivity contribution in [3.05, 3.63) is 43.9 Å². The van der Waals surface area contributed by atoms with Crippen LogP contribution in [0.1, 0.15) is 41.5 Å². The quantitative estimate of drug-likeness (QED) is 0.380. The molecule has 0 fully saturated rings. The molecule has 0 N–H and O–H groups in total. The minimum absolute atomic E-state index is 0. The summed E-state index contributed by atoms with van der Waals surface area (Å²) in [5.41, 5.74) is 2.69. The largest absolute Gasteiger partial charge is 0.106 e. The first-order valence-corrected chi connectivity index (χ1v) is 7.95. The molecule has 18 heavy (non-hydrogen) atoms. The first-order chi connectivity index (χ1) is 7.96. The zero-order valence-electron chi connectivity index (χ0n) is 12.8. The molecule has 0 amide bonds. The third-order valence-corrected chi connectivity index (χ3v) is 5.92. The van der Waals surface area contributed by atoms with Crippen LogP contribution in [0.15, 0.2) is 37.5 Å². The molecule has 2 heteroatoms. The van der Waals surface area contributed by atoms with Gasteiger partial charge in [0.05, 0.1) is 0 Å². The summed E-state index contributed by atoms with van der Waals surface area (Å²) in [6.07, 6.45) is 10.0. The van der Waals surface area contributed by atoms with E-state index in [1.807, 2.05) is 30.7 Å². The van der Waals surface area contributed by atoms with Gasteiger partial charge in [0.25, 0.3) is 0 Å². The standard InChI is InChI=1S/C9H21P.C5H5.C2H4.Ir/c1-7(2)10(8(3)4)9(5)6;1-2-4-5-3-1;1-2;/h7-9H,1-6H3;1-5H;1-2H2;. The first kappa shape index (κ1) is 23.4. The van der Waals surface area contributed by atoms with Crippen LogP contribution in [0.3, 0.4) is 0 Å². The van der Waals surface area contributed by atoms with Crippen molar-refractivity contribution >= 4 is 7.92 Å². The Bertz CT molecular complexity index is 188. The van der Waals surface area contributed by atoms with Gasteiger partial charge in [-0.1, -0.05) is 73.8 Å². The molecule has 0 aromatic carbocycles. The van der Waals surface area contributed by atoms with Gasteiger partial charge in [0.15, 0.2) is 0 Å². The average molecular weight is 446 g/mol. The molecule has 2 radical (unpaired) electrons. The molecule has 1 aliphatic rings. The molecule has 1 rings (SSSR count). The van der Waals surface area contributed by atoms with Gasteiger partial charge in [-0.3, -0.25) is 0 Å². The second-order valence-electron chi connectivity index (χ2n) is 4.69. The fourth-order valence-corrected chi connectivity index (χ4v) is 5.69. The van der Waals surface area contributed by atoms with Crippen LogP contribution in [-0.4, -0.2) is 17.0 Å². The normalized spacial score (nSPS) is 12.1. The molecule has 0 aliphatic heterocycles. The molecule has 0 aromatic heterocycles. The van der Waals surface area contributed by atoms with Crippen molar-refractivity contribution in [1.29, 1.82) is 0 Å². The van der Waals surface area contributed by atoms with Gasteiger partial charge in [-0.05, 0) is 17.0 Å². The second kappa shape index (κ2) is 15.4. The molecular formula is C16H30IrP. The van der Waals surface area contributed by atoms with E-state index in [-0.39, 0.29) is 28.0 Å². The van der Waals surface area contributed by atoms with Gasteiger partial charge in [0, 0.05) is 26.5 Å². The predicted octanol–water partition coefficient (Wildman–Crippen LogP) is 5.81. The third kappa shape index (κ3) is 12.7. The molecule has 0 nitrogen and oxygen atoms in total. The molecule has 0 bridgehead atoms. The summed E-state index contributed by atoms with van der Waals surface area (Å²) in [5.74, 6) is 0. The maximum Gasteiger partial charge on any atom is 0.00506 e. The summed E-state index contributed by atoms with van der Waals surface area (Å²) < 4.78 is 0. The Morgan fingerprint density at radius 2 is 0.944 bits per heavy atom. The van der Waals surface area contributed by atoms with Gasteiger partial charge >= 0.3 is 0 Å². The van der Waals surface area contributed by atoms with Crippen LogP contribution in [0.25, 0.3) is 0 Å². The van der Waals surface area contributed by atoms with E-state index in [1.54, 1.807) is 0 Å². The smallest absolute Gasteiger partial charge is 0.00506 e. The number of hydrogen-bond donors (Lipinski definition) is 0. The van der Waals surface area contributed by atoms with Crippen molar-refractivity contribution < 1.29 is 20.1 Å². The topological polar surface area (TPSA) is 0 Å². The zero-order chi connectivity index (χ0) is 13.8. The molecule has 0 saturated heterocycles. The summed E-state index contributed by atoms with van der Waals surface area (Å²) in [6.45, 7) is 20.1. The summed E-state index contributed by atoms with van der Waals surface area (Å²) in [5, 5.41) is 0. The third-order valence-electron chi connectivity index (χ3n) is 2.34. The van der Waals surface area contributed by atoms with Crippen molar-refractivity contribution in [2.45, 2.75) is 58.5 Å². The van der Waals surface area contributed by atoms with Crippen LogP contribution in [-0.2, 0) is 20.1 Å². The fourth-order valence-electron chi connectivity index (χ4n) is 2.11. The van der Waals surface area contributed by atoms with E-state index in [0.717, 1.165) is 17.0 Å². The van der Waals surface area contributed by atoms with Gasteiger partial charge in [-0.25, -0.2) is 0 Å². The Labute approximate surface area is 130 Å². The second-order valence-corrected chi connectivity index (χ2v) is 8.68. The molecular weight excluding hydrogens is 415 g/mol. The maximum absolute atomic E-state index is 3.00. The van der Waals surface area contributed by atoms with Crippen LogP contribution in [0.4, 0.5) is 0 Å². The Balaban J connectivity index is -0.000000236. The fraction of sp³-hybridized carbons (Fsp3) is 0.562. The minimum Gasteiger partial charge on any atom is -0.106 e. The molecule has 0 unspecified atom stereocenters. The zero-order valence-corrected chi connectivity index (χ0v) is 16.1. The van der Waals surface area contributed by atoms with Crippen molar-refractivity contribution in [2.75, 3.05) is 0 Å². The van der Waals surface area contributed by atoms with Crippen LogP contribution >= 0.6 is 7.92 Å².